The first-order valence-electron chi connectivity index (χ1n) is 6.07. The summed E-state index contributed by atoms with van der Waals surface area (Å²) in [6, 6.07) is 4.50. The number of rotatable bonds is 4. The summed E-state index contributed by atoms with van der Waals surface area (Å²) < 4.78 is 3.77. The van der Waals surface area contributed by atoms with Crippen LogP contribution in [0.2, 0.25) is 5.02 Å². The number of carbonyl (C=O) groups excluding carboxylic acids is 1. The summed E-state index contributed by atoms with van der Waals surface area (Å²) in [4.78, 5) is 23.9. The molecule has 1 heterocycles. The van der Waals surface area contributed by atoms with E-state index in [4.69, 9.17) is 11.6 Å². The lowest BCUT2D eigenvalue weighted by Gasteiger charge is -2.09. The number of nitrogens with zero attached hydrogens (tertiary/aromatic N) is 2. The monoisotopic (exact) mass is 325 g/mol. The average Bonchev–Trinajstić information content (AvgIpc) is 2.87. The van der Waals surface area contributed by atoms with Gasteiger partial charge < -0.3 is 10.4 Å². The number of hydrogen-bond donors (Lipinski definition) is 2. The highest BCUT2D eigenvalue weighted by Crippen LogP contribution is 2.26. The van der Waals surface area contributed by atoms with Gasteiger partial charge in [0.25, 0.3) is 5.91 Å². The van der Waals surface area contributed by atoms with Crippen molar-refractivity contribution in [1.82, 2.24) is 9.59 Å². The topological polar surface area (TPSA) is 92.2 Å². The first-order chi connectivity index (χ1) is 9.91. The quantitative estimate of drug-likeness (QED) is 0.900. The SMILES string of the molecule is CC(C)c1nnsc1C(=O)Nc1cccc(Cl)c1C(=O)O. The molecule has 0 aliphatic carbocycles. The molecule has 0 spiro atoms. The van der Waals surface area contributed by atoms with Crippen LogP contribution in [0.15, 0.2) is 18.2 Å². The van der Waals surface area contributed by atoms with E-state index in [1.807, 2.05) is 13.8 Å². The third kappa shape index (κ3) is 3.20. The van der Waals surface area contributed by atoms with Crippen molar-refractivity contribution in [3.05, 3.63) is 39.4 Å². The van der Waals surface area contributed by atoms with E-state index < -0.39 is 11.9 Å². The lowest BCUT2D eigenvalue weighted by atomic mass is 10.1. The second-order valence-electron chi connectivity index (χ2n) is 4.56. The van der Waals surface area contributed by atoms with Gasteiger partial charge in [0.2, 0.25) is 0 Å². The van der Waals surface area contributed by atoms with Crippen LogP contribution in [-0.2, 0) is 0 Å². The van der Waals surface area contributed by atoms with Crippen LogP contribution in [0.1, 0.15) is 45.5 Å². The van der Waals surface area contributed by atoms with Gasteiger partial charge in [0.15, 0.2) is 0 Å². The highest BCUT2D eigenvalue weighted by molar-refractivity contribution is 7.08. The van der Waals surface area contributed by atoms with Crippen LogP contribution >= 0.6 is 23.1 Å². The summed E-state index contributed by atoms with van der Waals surface area (Å²) in [7, 11) is 0. The summed E-state index contributed by atoms with van der Waals surface area (Å²) in [6.45, 7) is 3.80. The Kier molecular flexibility index (Phi) is 4.54. The Bertz CT molecular complexity index is 700. The zero-order chi connectivity index (χ0) is 15.6. The maximum atomic E-state index is 12.3. The van der Waals surface area contributed by atoms with Gasteiger partial charge in [-0.25, -0.2) is 4.79 Å². The van der Waals surface area contributed by atoms with Crippen LogP contribution < -0.4 is 5.32 Å². The Morgan fingerprint density at radius 2 is 2.10 bits per heavy atom. The summed E-state index contributed by atoms with van der Waals surface area (Å²) in [5.74, 6) is -1.61. The van der Waals surface area contributed by atoms with Crippen LogP contribution in [0.4, 0.5) is 5.69 Å². The predicted octanol–water partition coefficient (Wildman–Crippen LogP) is 3.27. The van der Waals surface area contributed by atoms with Crippen LogP contribution in [0.25, 0.3) is 0 Å². The zero-order valence-electron chi connectivity index (χ0n) is 11.3. The number of halogens is 1. The number of carbonyl (C=O) groups is 2. The van der Waals surface area contributed by atoms with Crippen molar-refractivity contribution >= 4 is 40.7 Å². The molecule has 6 nitrogen and oxygen atoms in total. The molecule has 0 saturated carbocycles. The van der Waals surface area contributed by atoms with Gasteiger partial charge in [-0.2, -0.15) is 0 Å². The fourth-order valence-electron chi connectivity index (χ4n) is 1.76. The molecule has 0 aliphatic rings. The zero-order valence-corrected chi connectivity index (χ0v) is 12.8. The number of benzene rings is 1. The molecule has 21 heavy (non-hydrogen) atoms. The summed E-state index contributed by atoms with van der Waals surface area (Å²) >= 11 is 6.83. The van der Waals surface area contributed by atoms with E-state index in [1.54, 1.807) is 6.07 Å². The van der Waals surface area contributed by atoms with Crippen LogP contribution in [0.5, 0.6) is 0 Å². The maximum Gasteiger partial charge on any atom is 0.339 e. The maximum absolute atomic E-state index is 12.3. The number of aromatic carboxylic acids is 1. The first kappa shape index (κ1) is 15.4. The molecule has 0 atom stereocenters. The van der Waals surface area contributed by atoms with Gasteiger partial charge in [-0.3, -0.25) is 4.79 Å². The van der Waals surface area contributed by atoms with Gasteiger partial charge in [0.1, 0.15) is 10.4 Å². The normalized spacial score (nSPS) is 10.7. The number of carboxylic acid groups (broad SMARTS) is 1. The van der Waals surface area contributed by atoms with Crippen molar-refractivity contribution in [2.75, 3.05) is 5.32 Å². The average molecular weight is 326 g/mol. The molecule has 0 saturated heterocycles. The van der Waals surface area contributed by atoms with E-state index in [1.165, 1.54) is 12.1 Å². The van der Waals surface area contributed by atoms with Gasteiger partial charge in [-0.15, -0.1) is 5.10 Å². The van der Waals surface area contributed by atoms with Gasteiger partial charge in [-0.05, 0) is 29.6 Å². The lowest BCUT2D eigenvalue weighted by molar-refractivity contribution is 0.0698. The summed E-state index contributed by atoms with van der Waals surface area (Å²) in [5, 5.41) is 15.7. The Hall–Kier alpha value is -1.99. The molecular formula is C13H12ClN3O3S. The van der Waals surface area contributed by atoms with Crippen molar-refractivity contribution in [2.45, 2.75) is 19.8 Å². The predicted molar refractivity (Wildman–Crippen MR) is 80.4 cm³/mol. The minimum Gasteiger partial charge on any atom is -0.478 e. The van der Waals surface area contributed by atoms with E-state index in [9.17, 15) is 14.7 Å². The van der Waals surface area contributed by atoms with Gasteiger partial charge in [0, 0.05) is 0 Å². The smallest absolute Gasteiger partial charge is 0.339 e. The van der Waals surface area contributed by atoms with Crippen molar-refractivity contribution in [3.63, 3.8) is 0 Å². The minimum absolute atomic E-state index is 0.0443. The molecule has 0 fully saturated rings. The molecule has 0 aliphatic heterocycles. The number of aromatic nitrogens is 2. The number of hydrogen-bond acceptors (Lipinski definition) is 5. The van der Waals surface area contributed by atoms with Crippen LogP contribution in [-0.4, -0.2) is 26.6 Å². The van der Waals surface area contributed by atoms with Gasteiger partial charge in [0.05, 0.1) is 16.4 Å². The molecule has 1 aromatic carbocycles. The second kappa shape index (κ2) is 6.19. The molecule has 1 aromatic heterocycles. The highest BCUT2D eigenvalue weighted by atomic mass is 35.5. The first-order valence-corrected chi connectivity index (χ1v) is 7.22. The van der Waals surface area contributed by atoms with E-state index in [0.717, 1.165) is 11.5 Å². The van der Waals surface area contributed by atoms with Gasteiger partial charge >= 0.3 is 5.97 Å². The third-order valence-electron chi connectivity index (χ3n) is 2.74. The van der Waals surface area contributed by atoms with E-state index >= 15 is 0 Å². The highest BCUT2D eigenvalue weighted by Gasteiger charge is 2.21. The largest absolute Gasteiger partial charge is 0.478 e. The molecule has 0 bridgehead atoms. The van der Waals surface area contributed by atoms with Crippen molar-refractivity contribution in [1.29, 1.82) is 0 Å². The molecule has 1 amide bonds. The molecule has 110 valence electrons. The lowest BCUT2D eigenvalue weighted by Crippen LogP contribution is -2.16. The number of amides is 1. The minimum atomic E-state index is -1.21. The summed E-state index contributed by atoms with van der Waals surface area (Å²) in [6.07, 6.45) is 0. The second-order valence-corrected chi connectivity index (χ2v) is 5.72. The molecule has 2 N–H and O–H groups in total. The summed E-state index contributed by atoms with van der Waals surface area (Å²) in [5.41, 5.74) is 0.579. The Morgan fingerprint density at radius 3 is 2.71 bits per heavy atom. The van der Waals surface area contributed by atoms with Crippen LogP contribution in [0, 0.1) is 0 Å². The molecule has 8 heteroatoms. The number of carboxylic acids is 1. The Balaban J connectivity index is 2.34. The van der Waals surface area contributed by atoms with Gasteiger partial charge in [-0.1, -0.05) is 36.0 Å². The Morgan fingerprint density at radius 1 is 1.38 bits per heavy atom. The number of nitrogens with one attached hydrogen (secondary N) is 1. The molecule has 0 unspecified atom stereocenters. The molecule has 2 rings (SSSR count). The van der Waals surface area contributed by atoms with Crippen LogP contribution in [0.3, 0.4) is 0 Å². The molecule has 0 radical (unpaired) electrons. The molecular weight excluding hydrogens is 314 g/mol. The van der Waals surface area contributed by atoms with Crippen molar-refractivity contribution < 1.29 is 14.7 Å². The van der Waals surface area contributed by atoms with E-state index in [2.05, 4.69) is 14.9 Å². The van der Waals surface area contributed by atoms with E-state index in [0.29, 0.717) is 10.6 Å². The fraction of sp³-hybridized carbons (Fsp3) is 0.231. The third-order valence-corrected chi connectivity index (χ3v) is 3.80. The fourth-order valence-corrected chi connectivity index (χ4v) is 2.73. The standard InChI is InChI=1S/C13H12ClN3O3S/c1-6(2)10-11(21-17-16-10)12(18)15-8-5-3-4-7(14)9(8)13(19)20/h3-6H,1-2H3,(H,15,18)(H,19,20). The molecule has 2 aromatic rings. The van der Waals surface area contributed by atoms with Crippen molar-refractivity contribution in [2.24, 2.45) is 0 Å². The van der Waals surface area contributed by atoms with E-state index in [-0.39, 0.29) is 22.2 Å². The Labute approximate surface area is 129 Å². The number of anilines is 1. The van der Waals surface area contributed by atoms with Crippen molar-refractivity contribution in [3.8, 4) is 0 Å².